The van der Waals surface area contributed by atoms with E-state index < -0.39 is 0 Å². The van der Waals surface area contributed by atoms with Crippen molar-refractivity contribution in [2.24, 2.45) is 0 Å². The minimum atomic E-state index is 0.496. The van der Waals surface area contributed by atoms with Crippen molar-refractivity contribution in [3.05, 3.63) is 29.3 Å². The molecule has 0 aliphatic rings. The molecule has 3 nitrogen and oxygen atoms in total. The Morgan fingerprint density at radius 3 is 2.69 bits per heavy atom. The van der Waals surface area contributed by atoms with Gasteiger partial charge in [0.2, 0.25) is 0 Å². The summed E-state index contributed by atoms with van der Waals surface area (Å²) in [6.45, 7) is 7.95. The Balaban J connectivity index is 2.51. The van der Waals surface area contributed by atoms with Crippen molar-refractivity contribution in [2.45, 2.75) is 26.8 Å². The fraction of sp³-hybridized carbons (Fsp3) is 0.462. The quantitative estimate of drug-likeness (QED) is 0.744. The normalized spacial score (nSPS) is 10.2. The zero-order chi connectivity index (χ0) is 12.0. The van der Waals surface area contributed by atoms with Gasteiger partial charge in [0, 0.05) is 19.1 Å². The lowest BCUT2D eigenvalue weighted by Gasteiger charge is -2.11. The highest BCUT2D eigenvalue weighted by molar-refractivity contribution is 5.58. The first-order chi connectivity index (χ1) is 7.63. The largest absolute Gasteiger partial charge is 0.383 e. The summed E-state index contributed by atoms with van der Waals surface area (Å²) >= 11 is 0. The SMILES string of the molecule is Cc1ccc(NCCNC(C)C)c(C#N)c1. The Morgan fingerprint density at radius 2 is 2.06 bits per heavy atom. The number of nitrogens with zero attached hydrogens (tertiary/aromatic N) is 1. The average molecular weight is 217 g/mol. The topological polar surface area (TPSA) is 47.8 Å². The van der Waals surface area contributed by atoms with Crippen LogP contribution in [0.5, 0.6) is 0 Å². The summed E-state index contributed by atoms with van der Waals surface area (Å²) in [6.07, 6.45) is 0. The van der Waals surface area contributed by atoms with Crippen LogP contribution in [0.15, 0.2) is 18.2 Å². The van der Waals surface area contributed by atoms with E-state index in [1.54, 1.807) is 0 Å². The predicted octanol–water partition coefficient (Wildman–Crippen LogP) is 2.28. The zero-order valence-corrected chi connectivity index (χ0v) is 10.2. The van der Waals surface area contributed by atoms with Crippen molar-refractivity contribution in [2.75, 3.05) is 18.4 Å². The summed E-state index contributed by atoms with van der Waals surface area (Å²) in [4.78, 5) is 0. The molecule has 1 aromatic carbocycles. The van der Waals surface area contributed by atoms with E-state index in [2.05, 4.69) is 30.6 Å². The lowest BCUT2D eigenvalue weighted by molar-refractivity contribution is 0.602. The van der Waals surface area contributed by atoms with Gasteiger partial charge in [-0.15, -0.1) is 0 Å². The smallest absolute Gasteiger partial charge is 0.101 e. The maximum absolute atomic E-state index is 8.98. The van der Waals surface area contributed by atoms with Gasteiger partial charge in [-0.1, -0.05) is 19.9 Å². The van der Waals surface area contributed by atoms with E-state index in [1.165, 1.54) is 0 Å². The second kappa shape index (κ2) is 6.14. The molecule has 0 heterocycles. The maximum atomic E-state index is 8.98. The minimum absolute atomic E-state index is 0.496. The first-order valence-electron chi connectivity index (χ1n) is 5.61. The van der Waals surface area contributed by atoms with Gasteiger partial charge in [-0.05, 0) is 24.6 Å². The van der Waals surface area contributed by atoms with Gasteiger partial charge in [0.05, 0.1) is 11.3 Å². The average Bonchev–Trinajstić information content (AvgIpc) is 2.25. The van der Waals surface area contributed by atoms with Crippen LogP contribution in [0.1, 0.15) is 25.0 Å². The molecule has 0 saturated heterocycles. The van der Waals surface area contributed by atoms with Crippen LogP contribution in [0.25, 0.3) is 0 Å². The van der Waals surface area contributed by atoms with Crippen LogP contribution in [-0.4, -0.2) is 19.1 Å². The van der Waals surface area contributed by atoms with E-state index in [9.17, 15) is 0 Å². The maximum Gasteiger partial charge on any atom is 0.101 e. The third kappa shape index (κ3) is 3.92. The van der Waals surface area contributed by atoms with E-state index in [0.717, 1.165) is 24.3 Å². The molecule has 86 valence electrons. The van der Waals surface area contributed by atoms with Crippen molar-refractivity contribution in [1.82, 2.24) is 5.32 Å². The Labute approximate surface area is 97.5 Å². The van der Waals surface area contributed by atoms with Gasteiger partial charge in [-0.25, -0.2) is 0 Å². The molecule has 3 heteroatoms. The van der Waals surface area contributed by atoms with Gasteiger partial charge >= 0.3 is 0 Å². The third-order valence-corrected chi connectivity index (χ3v) is 2.29. The summed E-state index contributed by atoms with van der Waals surface area (Å²) in [5.41, 5.74) is 2.74. The molecule has 0 aliphatic heterocycles. The number of benzene rings is 1. The van der Waals surface area contributed by atoms with E-state index in [0.29, 0.717) is 11.6 Å². The highest BCUT2D eigenvalue weighted by Gasteiger charge is 2.01. The Hall–Kier alpha value is -1.53. The van der Waals surface area contributed by atoms with Crippen molar-refractivity contribution >= 4 is 5.69 Å². The molecule has 0 fully saturated rings. The van der Waals surface area contributed by atoms with Crippen molar-refractivity contribution < 1.29 is 0 Å². The molecule has 0 aliphatic carbocycles. The van der Waals surface area contributed by atoms with Crippen LogP contribution in [0, 0.1) is 18.3 Å². The van der Waals surface area contributed by atoms with E-state index in [1.807, 2.05) is 25.1 Å². The lowest BCUT2D eigenvalue weighted by Crippen LogP contribution is -2.28. The minimum Gasteiger partial charge on any atom is -0.383 e. The molecule has 2 N–H and O–H groups in total. The van der Waals surface area contributed by atoms with Gasteiger partial charge < -0.3 is 10.6 Å². The highest BCUT2D eigenvalue weighted by Crippen LogP contribution is 2.15. The van der Waals surface area contributed by atoms with Crippen molar-refractivity contribution in [1.29, 1.82) is 5.26 Å². The Morgan fingerprint density at radius 1 is 1.31 bits per heavy atom. The molecule has 0 amide bonds. The fourth-order valence-electron chi connectivity index (χ4n) is 1.46. The number of nitriles is 1. The molecule has 0 saturated carbocycles. The second-order valence-corrected chi connectivity index (χ2v) is 4.20. The van der Waals surface area contributed by atoms with Gasteiger partial charge in [0.15, 0.2) is 0 Å². The van der Waals surface area contributed by atoms with E-state index >= 15 is 0 Å². The lowest BCUT2D eigenvalue weighted by atomic mass is 10.1. The monoisotopic (exact) mass is 217 g/mol. The number of aryl methyl sites for hydroxylation is 1. The van der Waals surface area contributed by atoms with Gasteiger partial charge in [0.1, 0.15) is 6.07 Å². The fourth-order valence-corrected chi connectivity index (χ4v) is 1.46. The summed E-state index contributed by atoms with van der Waals surface area (Å²) in [7, 11) is 0. The molecule has 16 heavy (non-hydrogen) atoms. The van der Waals surface area contributed by atoms with Gasteiger partial charge in [-0.3, -0.25) is 0 Å². The first-order valence-corrected chi connectivity index (χ1v) is 5.61. The molecular weight excluding hydrogens is 198 g/mol. The third-order valence-electron chi connectivity index (χ3n) is 2.29. The standard InChI is InChI=1S/C13H19N3/c1-10(2)15-6-7-16-13-5-4-11(3)8-12(13)9-14/h4-5,8,10,15-16H,6-7H2,1-3H3. The number of rotatable bonds is 5. The highest BCUT2D eigenvalue weighted by atomic mass is 15.0. The summed E-state index contributed by atoms with van der Waals surface area (Å²) in [5.74, 6) is 0. The van der Waals surface area contributed by atoms with E-state index in [-0.39, 0.29) is 0 Å². The Kier molecular flexibility index (Phi) is 4.81. The van der Waals surface area contributed by atoms with Crippen LogP contribution in [0.4, 0.5) is 5.69 Å². The molecule has 0 spiro atoms. The molecule has 0 unspecified atom stereocenters. The van der Waals surface area contributed by atoms with Crippen LogP contribution < -0.4 is 10.6 Å². The number of hydrogen-bond donors (Lipinski definition) is 2. The van der Waals surface area contributed by atoms with Crippen LogP contribution in [0.3, 0.4) is 0 Å². The van der Waals surface area contributed by atoms with Crippen molar-refractivity contribution in [3.8, 4) is 6.07 Å². The summed E-state index contributed by atoms with van der Waals surface area (Å²) < 4.78 is 0. The molecule has 0 radical (unpaired) electrons. The first kappa shape index (κ1) is 12.5. The molecule has 1 aromatic rings. The van der Waals surface area contributed by atoms with Crippen molar-refractivity contribution in [3.63, 3.8) is 0 Å². The van der Waals surface area contributed by atoms with Crippen LogP contribution >= 0.6 is 0 Å². The van der Waals surface area contributed by atoms with Gasteiger partial charge in [-0.2, -0.15) is 5.26 Å². The van der Waals surface area contributed by atoms with Crippen LogP contribution in [-0.2, 0) is 0 Å². The number of anilines is 1. The predicted molar refractivity (Wildman–Crippen MR) is 67.5 cm³/mol. The second-order valence-electron chi connectivity index (χ2n) is 4.20. The van der Waals surface area contributed by atoms with Crippen LogP contribution in [0.2, 0.25) is 0 Å². The Bertz CT molecular complexity index is 377. The molecule has 0 bridgehead atoms. The molecule has 0 atom stereocenters. The molecular formula is C13H19N3. The molecule has 1 rings (SSSR count). The number of hydrogen-bond acceptors (Lipinski definition) is 3. The number of nitrogens with one attached hydrogen (secondary N) is 2. The molecule has 0 aromatic heterocycles. The van der Waals surface area contributed by atoms with E-state index in [4.69, 9.17) is 5.26 Å². The summed E-state index contributed by atoms with van der Waals surface area (Å²) in [6, 6.07) is 8.57. The summed E-state index contributed by atoms with van der Waals surface area (Å²) in [5, 5.41) is 15.6. The zero-order valence-electron chi connectivity index (χ0n) is 10.2. The van der Waals surface area contributed by atoms with Gasteiger partial charge in [0.25, 0.3) is 0 Å².